The Morgan fingerprint density at radius 1 is 0.737 bits per heavy atom. The van der Waals surface area contributed by atoms with Crippen LogP contribution in [0.2, 0.25) is 0 Å². The highest BCUT2D eigenvalue weighted by Crippen LogP contribution is 2.48. The summed E-state index contributed by atoms with van der Waals surface area (Å²) < 4.78 is 111. The van der Waals surface area contributed by atoms with Crippen molar-refractivity contribution >= 4 is 0 Å². The Morgan fingerprint density at radius 3 is 1.32 bits per heavy atom. The largest absolute Gasteiger partial charge is 0.833 e. The highest BCUT2D eigenvalue weighted by atomic mass is 19.4. The van der Waals surface area contributed by atoms with Gasteiger partial charge < -0.3 is 5.11 Å². The van der Waals surface area contributed by atoms with E-state index in [2.05, 4.69) is 0 Å². The van der Waals surface area contributed by atoms with Crippen LogP contribution in [-0.2, 0) is 5.60 Å². The zero-order valence-corrected chi connectivity index (χ0v) is 8.46. The van der Waals surface area contributed by atoms with E-state index in [1.165, 1.54) is 0 Å². The molecule has 0 saturated heterocycles. The van der Waals surface area contributed by atoms with Crippen molar-refractivity contribution in [2.24, 2.45) is 0 Å². The summed E-state index contributed by atoms with van der Waals surface area (Å²) in [7, 11) is 0. The van der Waals surface area contributed by atoms with Gasteiger partial charge in [0.2, 0.25) is 0 Å². The van der Waals surface area contributed by atoms with Gasteiger partial charge in [-0.15, -0.1) is 0 Å². The molecule has 19 heavy (non-hydrogen) atoms. The lowest BCUT2D eigenvalue weighted by Crippen LogP contribution is -2.63. The molecule has 0 aliphatic carbocycles. The molecule has 1 aromatic rings. The van der Waals surface area contributed by atoms with Crippen molar-refractivity contribution < 1.29 is 44.6 Å². The number of alkyl halides is 6. The van der Waals surface area contributed by atoms with Crippen molar-refractivity contribution in [3.8, 4) is 0 Å². The number of halogens is 9. The summed E-state index contributed by atoms with van der Waals surface area (Å²) in [6.45, 7) is 0. The van der Waals surface area contributed by atoms with Gasteiger partial charge in [-0.1, -0.05) is 0 Å². The Morgan fingerprint density at radius 2 is 1.05 bits per heavy atom. The smallest absolute Gasteiger partial charge is 0.392 e. The molecule has 0 unspecified atom stereocenters. The van der Waals surface area contributed by atoms with Crippen molar-refractivity contribution in [3.63, 3.8) is 0 Å². The van der Waals surface area contributed by atoms with E-state index < -0.39 is 53.1 Å². The van der Waals surface area contributed by atoms with Crippen molar-refractivity contribution in [2.75, 3.05) is 0 Å². The van der Waals surface area contributed by atoms with E-state index in [0.717, 1.165) is 0 Å². The fraction of sp³-hybridized carbons (Fsp3) is 0.333. The highest BCUT2D eigenvalue weighted by Gasteiger charge is 2.63. The van der Waals surface area contributed by atoms with Crippen molar-refractivity contribution in [1.82, 2.24) is 0 Å². The molecule has 0 aliphatic heterocycles. The van der Waals surface area contributed by atoms with Gasteiger partial charge >= 0.3 is 12.4 Å². The van der Waals surface area contributed by atoms with Gasteiger partial charge in [-0.3, -0.25) is 0 Å². The predicted octanol–water partition coefficient (Wildman–Crippen LogP) is 2.78. The number of benzene rings is 1. The fourth-order valence-corrected chi connectivity index (χ4v) is 1.25. The number of hydrogen-bond donors (Lipinski definition) is 0. The van der Waals surface area contributed by atoms with E-state index in [-0.39, 0.29) is 0 Å². The number of hydrogen-bond acceptors (Lipinski definition) is 1. The molecule has 0 radical (unpaired) electrons. The number of rotatable bonds is 1. The maximum atomic E-state index is 12.7. The van der Waals surface area contributed by atoms with Crippen LogP contribution in [0.3, 0.4) is 0 Å². The zero-order valence-electron chi connectivity index (χ0n) is 8.46. The first kappa shape index (κ1) is 15.6. The topological polar surface area (TPSA) is 23.1 Å². The van der Waals surface area contributed by atoms with Gasteiger partial charge in [-0.2, -0.15) is 26.3 Å². The lowest BCUT2D eigenvalue weighted by Gasteiger charge is -2.43. The van der Waals surface area contributed by atoms with Gasteiger partial charge in [-0.25, -0.2) is 13.2 Å². The van der Waals surface area contributed by atoms with Crippen LogP contribution in [0.1, 0.15) is 5.56 Å². The summed E-state index contributed by atoms with van der Waals surface area (Å²) in [6.07, 6.45) is -12.8. The van der Waals surface area contributed by atoms with E-state index >= 15 is 0 Å². The molecule has 0 aliphatic rings. The molecule has 0 saturated carbocycles. The third-order valence-electron chi connectivity index (χ3n) is 2.19. The van der Waals surface area contributed by atoms with Gasteiger partial charge in [0.1, 0.15) is 5.60 Å². The first-order valence-corrected chi connectivity index (χ1v) is 4.31. The van der Waals surface area contributed by atoms with E-state index in [4.69, 9.17) is 0 Å². The Labute approximate surface area is 98.8 Å². The first-order chi connectivity index (χ1) is 8.32. The minimum Gasteiger partial charge on any atom is -0.833 e. The second-order valence-corrected chi connectivity index (χ2v) is 3.43. The van der Waals surface area contributed by atoms with Gasteiger partial charge in [0.15, 0.2) is 17.5 Å². The minimum absolute atomic E-state index is 0.633. The molecular weight excluding hydrogens is 295 g/mol. The third kappa shape index (κ3) is 2.36. The molecule has 0 bridgehead atoms. The molecule has 0 atom stereocenters. The van der Waals surface area contributed by atoms with Crippen LogP contribution >= 0.6 is 0 Å². The monoisotopic (exact) mass is 297 g/mol. The summed E-state index contributed by atoms with van der Waals surface area (Å²) in [5.74, 6) is -6.94. The Balaban J connectivity index is 3.62. The van der Waals surface area contributed by atoms with E-state index in [1.807, 2.05) is 0 Å². The van der Waals surface area contributed by atoms with Crippen molar-refractivity contribution in [1.29, 1.82) is 0 Å². The summed E-state index contributed by atoms with van der Waals surface area (Å²) in [4.78, 5) is 0. The van der Waals surface area contributed by atoms with E-state index in [9.17, 15) is 44.6 Å². The minimum atomic E-state index is -6.41. The molecule has 10 heteroatoms. The van der Waals surface area contributed by atoms with Gasteiger partial charge in [0.05, 0.1) is 0 Å². The van der Waals surface area contributed by atoms with Crippen LogP contribution in [0.4, 0.5) is 39.5 Å². The molecule has 0 heterocycles. The molecular formula is C9H2F9O-. The molecule has 0 fully saturated rings. The normalized spacial score (nSPS) is 13.8. The van der Waals surface area contributed by atoms with Crippen LogP contribution in [0.15, 0.2) is 12.1 Å². The maximum Gasteiger partial charge on any atom is 0.392 e. The lowest BCUT2D eigenvalue weighted by molar-refractivity contribution is -0.604. The Hall–Kier alpha value is -1.45. The average Bonchev–Trinajstić information content (AvgIpc) is 2.20. The van der Waals surface area contributed by atoms with Crippen LogP contribution in [0.25, 0.3) is 0 Å². The van der Waals surface area contributed by atoms with E-state index in [1.54, 1.807) is 0 Å². The standard InChI is InChI=1S/C9H2F9O/c10-4-1-3(2-5(11)6(4)12)7(19,8(13,14)15)9(16,17)18/h1-2H/q-1. The van der Waals surface area contributed by atoms with Crippen molar-refractivity contribution in [2.45, 2.75) is 18.0 Å². The summed E-state index contributed by atoms with van der Waals surface area (Å²) in [5.41, 5.74) is -8.07. The zero-order chi connectivity index (χ0) is 15.2. The Bertz CT molecular complexity index is 450. The SMILES string of the molecule is [O-]C(c1cc(F)c(F)c(F)c1)(C(F)(F)F)C(F)(F)F. The van der Waals surface area contributed by atoms with Gasteiger partial charge in [0, 0.05) is 0 Å². The molecule has 0 amide bonds. The Kier molecular flexibility index (Phi) is 3.52. The van der Waals surface area contributed by atoms with E-state index in [0.29, 0.717) is 0 Å². The molecule has 1 rings (SSSR count). The second kappa shape index (κ2) is 4.29. The predicted molar refractivity (Wildman–Crippen MR) is 40.1 cm³/mol. The molecule has 0 spiro atoms. The molecule has 108 valence electrons. The first-order valence-electron chi connectivity index (χ1n) is 4.31. The van der Waals surface area contributed by atoms with Crippen LogP contribution in [0.5, 0.6) is 0 Å². The molecule has 1 aromatic carbocycles. The van der Waals surface area contributed by atoms with Crippen molar-refractivity contribution in [3.05, 3.63) is 35.1 Å². The molecule has 1 nitrogen and oxygen atoms in total. The average molecular weight is 297 g/mol. The second-order valence-electron chi connectivity index (χ2n) is 3.43. The highest BCUT2D eigenvalue weighted by molar-refractivity contribution is 5.28. The van der Waals surface area contributed by atoms with Gasteiger partial charge in [-0.05, 0) is 17.7 Å². The molecule has 0 aromatic heterocycles. The summed E-state index contributed by atoms with van der Waals surface area (Å²) in [5, 5.41) is 11.1. The summed E-state index contributed by atoms with van der Waals surface area (Å²) in [6, 6.07) is -1.27. The fourth-order valence-electron chi connectivity index (χ4n) is 1.25. The van der Waals surface area contributed by atoms with Gasteiger partial charge in [0.25, 0.3) is 0 Å². The van der Waals surface area contributed by atoms with Crippen LogP contribution < -0.4 is 5.11 Å². The lowest BCUT2D eigenvalue weighted by atomic mass is 9.92. The maximum absolute atomic E-state index is 12.7. The van der Waals surface area contributed by atoms with Crippen LogP contribution in [0, 0.1) is 17.5 Å². The third-order valence-corrected chi connectivity index (χ3v) is 2.19. The van der Waals surface area contributed by atoms with Crippen LogP contribution in [-0.4, -0.2) is 12.4 Å². The quantitative estimate of drug-likeness (QED) is 0.577. The summed E-state index contributed by atoms with van der Waals surface area (Å²) >= 11 is 0. The molecule has 0 N–H and O–H groups in total.